The Morgan fingerprint density at radius 2 is 1.95 bits per heavy atom. The van der Waals surface area contributed by atoms with Gasteiger partial charge >= 0.3 is 0 Å². The highest BCUT2D eigenvalue weighted by Gasteiger charge is 2.07. The summed E-state index contributed by atoms with van der Waals surface area (Å²) in [6.07, 6.45) is 0. The van der Waals surface area contributed by atoms with Crippen molar-refractivity contribution in [1.29, 1.82) is 0 Å². The monoisotopic (exact) mass is 290 g/mol. The molecule has 3 rings (SSSR count). The van der Waals surface area contributed by atoms with Crippen LogP contribution in [-0.2, 0) is 0 Å². The van der Waals surface area contributed by atoms with Crippen molar-refractivity contribution >= 4 is 49.9 Å². The Morgan fingerprint density at radius 3 is 2.68 bits per heavy atom. The normalized spacial score (nSPS) is 10.8. The smallest absolute Gasteiger partial charge is 0.182 e. The van der Waals surface area contributed by atoms with Gasteiger partial charge in [-0.15, -0.1) is 0 Å². The molecule has 4 nitrogen and oxygen atoms in total. The van der Waals surface area contributed by atoms with Crippen LogP contribution in [0.1, 0.15) is 5.56 Å². The van der Waals surface area contributed by atoms with Crippen molar-refractivity contribution in [3.63, 3.8) is 0 Å². The maximum Gasteiger partial charge on any atom is 0.182 e. The van der Waals surface area contributed by atoms with Gasteiger partial charge in [-0.2, -0.15) is 0 Å². The van der Waals surface area contributed by atoms with Crippen molar-refractivity contribution in [3.05, 3.63) is 40.9 Å². The zero-order valence-corrected chi connectivity index (χ0v) is 11.7. The maximum absolute atomic E-state index is 5.86. The topological polar surface area (TPSA) is 63.8 Å². The molecule has 2 aromatic heterocycles. The molecular weight excluding hydrogens is 280 g/mol. The number of halogens is 1. The average molecular weight is 291 g/mol. The van der Waals surface area contributed by atoms with Gasteiger partial charge in [0, 0.05) is 10.7 Å². The molecule has 2 heterocycles. The molecule has 0 atom stereocenters. The number of nitrogens with one attached hydrogen (secondary N) is 1. The lowest BCUT2D eigenvalue weighted by molar-refractivity contribution is 1.31. The number of hydrogen-bond acceptors (Lipinski definition) is 5. The summed E-state index contributed by atoms with van der Waals surface area (Å²) in [5.74, 6) is 0.804. The fourth-order valence-corrected chi connectivity index (χ4v) is 2.59. The van der Waals surface area contributed by atoms with Crippen LogP contribution in [0.2, 0.25) is 5.02 Å². The van der Waals surface area contributed by atoms with Gasteiger partial charge in [-0.1, -0.05) is 22.9 Å². The first-order valence-corrected chi connectivity index (χ1v) is 6.87. The predicted molar refractivity (Wildman–Crippen MR) is 81.3 cm³/mol. The van der Waals surface area contributed by atoms with Crippen LogP contribution in [0.25, 0.3) is 10.3 Å². The number of nitrogen functional groups attached to an aromatic ring is 1. The van der Waals surface area contributed by atoms with Crippen LogP contribution >= 0.6 is 22.9 Å². The first-order valence-electron chi connectivity index (χ1n) is 5.68. The second-order valence-corrected chi connectivity index (χ2v) is 5.61. The molecule has 0 bridgehead atoms. The molecule has 0 radical (unpaired) electrons. The second-order valence-electron chi connectivity index (χ2n) is 4.16. The largest absolute Gasteiger partial charge is 0.375 e. The molecule has 0 saturated heterocycles. The van der Waals surface area contributed by atoms with E-state index in [1.165, 1.54) is 11.3 Å². The predicted octanol–water partition coefficient (Wildman–Crippen LogP) is 3.98. The third-order valence-corrected chi connectivity index (χ3v) is 3.74. The number of nitrogens with zero attached hydrogens (tertiary/aromatic N) is 2. The second kappa shape index (κ2) is 4.68. The molecule has 0 aliphatic carbocycles. The first kappa shape index (κ1) is 12.2. The zero-order chi connectivity index (χ0) is 13.4. The molecule has 0 aliphatic rings. The van der Waals surface area contributed by atoms with Crippen LogP contribution in [0.3, 0.4) is 0 Å². The molecule has 1 aromatic carbocycles. The van der Waals surface area contributed by atoms with Gasteiger partial charge in [0.2, 0.25) is 0 Å². The lowest BCUT2D eigenvalue weighted by atomic mass is 10.2. The number of aromatic nitrogens is 2. The number of fused-ring (bicyclic) bond motifs is 1. The zero-order valence-electron chi connectivity index (χ0n) is 10.1. The molecule has 0 amide bonds. The van der Waals surface area contributed by atoms with Crippen LogP contribution in [0.5, 0.6) is 0 Å². The lowest BCUT2D eigenvalue weighted by Gasteiger charge is -2.08. The first-order chi connectivity index (χ1) is 9.11. The molecule has 0 unspecified atom stereocenters. The maximum atomic E-state index is 5.86. The summed E-state index contributed by atoms with van der Waals surface area (Å²) in [6.45, 7) is 1.99. The highest BCUT2D eigenvalue weighted by molar-refractivity contribution is 7.21. The van der Waals surface area contributed by atoms with E-state index < -0.39 is 0 Å². The summed E-state index contributed by atoms with van der Waals surface area (Å²) in [7, 11) is 0. The van der Waals surface area contributed by atoms with Crippen molar-refractivity contribution in [1.82, 2.24) is 9.97 Å². The summed E-state index contributed by atoms with van der Waals surface area (Å²) in [4.78, 5) is 9.60. The standard InChI is InChI=1S/C13H11ClN4S/c1-7-6-10-12(19-13(15)17-10)18-11(7)16-9-4-2-8(14)3-5-9/h2-6H,1H3,(H2,15,17)(H,16,18). The molecular formula is C13H11ClN4S. The molecule has 0 spiro atoms. The van der Waals surface area contributed by atoms with Crippen LogP contribution < -0.4 is 11.1 Å². The number of aryl methyl sites for hydroxylation is 1. The molecule has 6 heteroatoms. The summed E-state index contributed by atoms with van der Waals surface area (Å²) in [6, 6.07) is 9.47. The average Bonchev–Trinajstić information content (AvgIpc) is 2.72. The van der Waals surface area contributed by atoms with Crippen LogP contribution in [0.15, 0.2) is 30.3 Å². The summed E-state index contributed by atoms with van der Waals surface area (Å²) in [5, 5.41) is 4.51. The SMILES string of the molecule is Cc1cc2nc(N)sc2nc1Nc1ccc(Cl)cc1. The molecule has 19 heavy (non-hydrogen) atoms. The number of hydrogen-bond donors (Lipinski definition) is 2. The minimum atomic E-state index is 0.533. The fraction of sp³-hybridized carbons (Fsp3) is 0.0769. The van der Waals surface area contributed by atoms with Crippen LogP contribution in [0.4, 0.5) is 16.6 Å². The van der Waals surface area contributed by atoms with E-state index in [0.717, 1.165) is 27.4 Å². The Labute approximate surface area is 119 Å². The molecule has 3 aromatic rings. The van der Waals surface area contributed by atoms with E-state index in [2.05, 4.69) is 15.3 Å². The third kappa shape index (κ3) is 2.47. The summed E-state index contributed by atoms with van der Waals surface area (Å²) >= 11 is 7.25. The summed E-state index contributed by atoms with van der Waals surface area (Å²) < 4.78 is 0. The van der Waals surface area contributed by atoms with Crippen LogP contribution in [0, 0.1) is 6.92 Å². The molecule has 0 aliphatic heterocycles. The van der Waals surface area contributed by atoms with Gasteiger partial charge in [0.1, 0.15) is 16.2 Å². The van der Waals surface area contributed by atoms with Crippen molar-refractivity contribution < 1.29 is 0 Å². The Hall–Kier alpha value is -1.85. The van der Waals surface area contributed by atoms with Crippen molar-refractivity contribution in [2.75, 3.05) is 11.1 Å². The van der Waals surface area contributed by atoms with E-state index >= 15 is 0 Å². The molecule has 0 fully saturated rings. The Kier molecular flexibility index (Phi) is 3.00. The van der Waals surface area contributed by atoms with Gasteiger partial charge in [-0.05, 0) is 42.8 Å². The molecule has 3 N–H and O–H groups in total. The van der Waals surface area contributed by atoms with Gasteiger partial charge < -0.3 is 11.1 Å². The van der Waals surface area contributed by atoms with Crippen molar-refractivity contribution in [3.8, 4) is 0 Å². The summed E-state index contributed by atoms with van der Waals surface area (Å²) in [5.41, 5.74) is 8.49. The molecule has 96 valence electrons. The van der Waals surface area contributed by atoms with E-state index in [1.807, 2.05) is 37.3 Å². The van der Waals surface area contributed by atoms with E-state index in [0.29, 0.717) is 10.2 Å². The van der Waals surface area contributed by atoms with Gasteiger partial charge in [-0.25, -0.2) is 9.97 Å². The minimum Gasteiger partial charge on any atom is -0.375 e. The minimum absolute atomic E-state index is 0.533. The number of rotatable bonds is 2. The van der Waals surface area contributed by atoms with E-state index in [4.69, 9.17) is 17.3 Å². The number of thiazole rings is 1. The number of anilines is 3. The van der Waals surface area contributed by atoms with Gasteiger partial charge in [0.25, 0.3) is 0 Å². The number of pyridine rings is 1. The molecule has 0 saturated carbocycles. The number of benzene rings is 1. The number of nitrogens with two attached hydrogens (primary N) is 1. The Morgan fingerprint density at radius 1 is 1.21 bits per heavy atom. The van der Waals surface area contributed by atoms with Crippen LogP contribution in [-0.4, -0.2) is 9.97 Å². The van der Waals surface area contributed by atoms with E-state index in [1.54, 1.807) is 0 Å². The van der Waals surface area contributed by atoms with Gasteiger partial charge in [0.05, 0.1) is 0 Å². The van der Waals surface area contributed by atoms with E-state index in [9.17, 15) is 0 Å². The highest BCUT2D eigenvalue weighted by Crippen LogP contribution is 2.27. The lowest BCUT2D eigenvalue weighted by Crippen LogP contribution is -1.96. The quantitative estimate of drug-likeness (QED) is 0.749. The van der Waals surface area contributed by atoms with Crippen molar-refractivity contribution in [2.24, 2.45) is 0 Å². The fourth-order valence-electron chi connectivity index (χ4n) is 1.77. The Bertz CT molecular complexity index is 736. The van der Waals surface area contributed by atoms with E-state index in [-0.39, 0.29) is 0 Å². The van der Waals surface area contributed by atoms with Gasteiger partial charge in [-0.3, -0.25) is 0 Å². The van der Waals surface area contributed by atoms with Gasteiger partial charge in [0.15, 0.2) is 5.13 Å². The highest BCUT2D eigenvalue weighted by atomic mass is 35.5. The van der Waals surface area contributed by atoms with Crippen molar-refractivity contribution in [2.45, 2.75) is 6.92 Å². The Balaban J connectivity index is 1.99. The third-order valence-electron chi connectivity index (χ3n) is 2.70.